The maximum atomic E-state index is 12.6. The molecular formula is C18H29N3O3. The van der Waals surface area contributed by atoms with Gasteiger partial charge in [-0.2, -0.15) is 0 Å². The Labute approximate surface area is 144 Å². The van der Waals surface area contributed by atoms with E-state index in [-0.39, 0.29) is 12.5 Å². The summed E-state index contributed by atoms with van der Waals surface area (Å²) in [5.74, 6) is 0.503. The number of rotatable bonds is 8. The van der Waals surface area contributed by atoms with Crippen LogP contribution in [0.5, 0.6) is 0 Å². The quantitative estimate of drug-likeness (QED) is 0.760. The molecule has 0 aromatic carbocycles. The van der Waals surface area contributed by atoms with E-state index in [4.69, 9.17) is 4.74 Å². The van der Waals surface area contributed by atoms with Crippen molar-refractivity contribution >= 4 is 11.7 Å². The van der Waals surface area contributed by atoms with Crippen molar-refractivity contribution in [3.63, 3.8) is 0 Å². The summed E-state index contributed by atoms with van der Waals surface area (Å²) in [5.41, 5.74) is -0.282. The lowest BCUT2D eigenvalue weighted by molar-refractivity contribution is 0.0213. The van der Waals surface area contributed by atoms with Gasteiger partial charge in [0, 0.05) is 25.8 Å². The van der Waals surface area contributed by atoms with Crippen LogP contribution < -0.4 is 10.2 Å². The molecule has 1 amide bonds. The number of anilines is 1. The number of ether oxygens (including phenoxy) is 1. The van der Waals surface area contributed by atoms with Crippen molar-refractivity contribution in [2.24, 2.45) is 0 Å². The van der Waals surface area contributed by atoms with Gasteiger partial charge < -0.3 is 20.1 Å². The van der Waals surface area contributed by atoms with Crippen LogP contribution >= 0.6 is 0 Å². The molecule has 0 bridgehead atoms. The average Bonchev–Trinajstić information content (AvgIpc) is 2.61. The summed E-state index contributed by atoms with van der Waals surface area (Å²) >= 11 is 0. The molecular weight excluding hydrogens is 306 g/mol. The molecule has 2 rings (SSSR count). The highest BCUT2D eigenvalue weighted by atomic mass is 16.5. The fourth-order valence-corrected chi connectivity index (χ4v) is 3.17. The van der Waals surface area contributed by atoms with E-state index in [2.05, 4.69) is 15.2 Å². The number of carbonyl (C=O) groups excluding carboxylic acids is 1. The van der Waals surface area contributed by atoms with Crippen molar-refractivity contribution in [2.75, 3.05) is 37.7 Å². The molecule has 1 fully saturated rings. The predicted octanol–water partition coefficient (Wildman–Crippen LogP) is 1.98. The van der Waals surface area contributed by atoms with Crippen LogP contribution in [0.3, 0.4) is 0 Å². The Balaban J connectivity index is 2.06. The highest BCUT2D eigenvalue weighted by molar-refractivity contribution is 5.98. The monoisotopic (exact) mass is 335 g/mol. The lowest BCUT2D eigenvalue weighted by atomic mass is 9.92. The van der Waals surface area contributed by atoms with Crippen molar-refractivity contribution in [1.29, 1.82) is 0 Å². The Bertz CT molecular complexity index is 524. The molecule has 0 spiro atoms. The molecule has 6 heteroatoms. The molecule has 2 N–H and O–H groups in total. The Hall–Kier alpha value is -1.66. The van der Waals surface area contributed by atoms with E-state index in [0.717, 1.165) is 25.9 Å². The zero-order chi connectivity index (χ0) is 17.4. The molecule has 1 aromatic heterocycles. The molecule has 0 radical (unpaired) electrons. The second-order valence-electron chi connectivity index (χ2n) is 6.38. The van der Waals surface area contributed by atoms with Gasteiger partial charge in [0.25, 0.3) is 5.91 Å². The van der Waals surface area contributed by atoms with E-state index in [1.807, 2.05) is 13.8 Å². The molecule has 6 nitrogen and oxygen atoms in total. The maximum Gasteiger partial charge on any atom is 0.255 e. The predicted molar refractivity (Wildman–Crippen MR) is 94.4 cm³/mol. The summed E-state index contributed by atoms with van der Waals surface area (Å²) in [6.07, 6.45) is 4.84. The maximum absolute atomic E-state index is 12.6. The first kappa shape index (κ1) is 18.7. The lowest BCUT2D eigenvalue weighted by Gasteiger charge is -2.30. The smallest absolute Gasteiger partial charge is 0.255 e. The van der Waals surface area contributed by atoms with E-state index < -0.39 is 5.60 Å². The summed E-state index contributed by atoms with van der Waals surface area (Å²) in [6, 6.07) is 3.55. The van der Waals surface area contributed by atoms with Crippen LogP contribution in [0.2, 0.25) is 0 Å². The largest absolute Gasteiger partial charge is 0.388 e. The van der Waals surface area contributed by atoms with Crippen LogP contribution in [0.15, 0.2) is 18.3 Å². The molecule has 1 aliphatic rings. The van der Waals surface area contributed by atoms with Gasteiger partial charge in [0.05, 0.1) is 24.4 Å². The minimum atomic E-state index is -0.833. The van der Waals surface area contributed by atoms with Crippen LogP contribution in [-0.2, 0) is 4.74 Å². The summed E-state index contributed by atoms with van der Waals surface area (Å²) in [4.78, 5) is 19.1. The molecule has 1 aromatic rings. The second kappa shape index (κ2) is 8.99. The number of nitrogens with zero attached hydrogens (tertiary/aromatic N) is 2. The summed E-state index contributed by atoms with van der Waals surface area (Å²) in [6.45, 7) is 7.10. The highest BCUT2D eigenvalue weighted by Crippen LogP contribution is 2.21. The van der Waals surface area contributed by atoms with Gasteiger partial charge in [-0.05, 0) is 25.0 Å². The number of nitrogens with one attached hydrogen (secondary N) is 1. The zero-order valence-electron chi connectivity index (χ0n) is 14.8. The van der Waals surface area contributed by atoms with Gasteiger partial charge in [-0.3, -0.25) is 4.79 Å². The Morgan fingerprint density at radius 2 is 2.00 bits per heavy atom. The van der Waals surface area contributed by atoms with Gasteiger partial charge >= 0.3 is 0 Å². The molecule has 1 aliphatic heterocycles. The minimum Gasteiger partial charge on any atom is -0.388 e. The van der Waals surface area contributed by atoms with Crippen LogP contribution in [0, 0.1) is 0 Å². The number of amides is 1. The number of hydrogen-bond donors (Lipinski definition) is 2. The highest BCUT2D eigenvalue weighted by Gasteiger charge is 2.27. The summed E-state index contributed by atoms with van der Waals surface area (Å²) in [7, 11) is 0. The number of pyridine rings is 1. The molecule has 1 saturated heterocycles. The van der Waals surface area contributed by atoms with Crippen molar-refractivity contribution in [3.05, 3.63) is 23.9 Å². The molecule has 0 saturated carbocycles. The summed E-state index contributed by atoms with van der Waals surface area (Å²) in [5, 5.41) is 13.6. The van der Waals surface area contributed by atoms with Gasteiger partial charge in [-0.1, -0.05) is 26.7 Å². The van der Waals surface area contributed by atoms with Gasteiger partial charge in [-0.15, -0.1) is 0 Å². The molecule has 0 unspecified atom stereocenters. The zero-order valence-corrected chi connectivity index (χ0v) is 14.8. The van der Waals surface area contributed by atoms with E-state index in [0.29, 0.717) is 37.4 Å². The van der Waals surface area contributed by atoms with E-state index in [1.54, 1.807) is 18.3 Å². The van der Waals surface area contributed by atoms with Crippen molar-refractivity contribution in [1.82, 2.24) is 10.3 Å². The Kier molecular flexibility index (Phi) is 6.99. The second-order valence-corrected chi connectivity index (χ2v) is 6.38. The minimum absolute atomic E-state index is 0.185. The first-order valence-corrected chi connectivity index (χ1v) is 8.88. The summed E-state index contributed by atoms with van der Waals surface area (Å²) < 4.78 is 5.36. The van der Waals surface area contributed by atoms with E-state index in [9.17, 15) is 9.90 Å². The third-order valence-electron chi connectivity index (χ3n) is 4.35. The van der Waals surface area contributed by atoms with Crippen molar-refractivity contribution < 1.29 is 14.6 Å². The first-order chi connectivity index (χ1) is 11.6. The third kappa shape index (κ3) is 4.92. The van der Waals surface area contributed by atoms with E-state index in [1.165, 1.54) is 0 Å². The van der Waals surface area contributed by atoms with Crippen LogP contribution in [0.1, 0.15) is 49.9 Å². The molecule has 134 valence electrons. The van der Waals surface area contributed by atoms with Crippen molar-refractivity contribution in [3.8, 4) is 0 Å². The molecule has 2 heterocycles. The average molecular weight is 335 g/mol. The molecule has 0 aliphatic carbocycles. The molecule has 24 heavy (non-hydrogen) atoms. The third-order valence-corrected chi connectivity index (χ3v) is 4.35. The Morgan fingerprint density at radius 3 is 2.62 bits per heavy atom. The normalized spacial score (nSPS) is 15.4. The number of morpholine rings is 1. The molecule has 0 atom stereocenters. The fraction of sp³-hybridized carbons (Fsp3) is 0.667. The van der Waals surface area contributed by atoms with Gasteiger partial charge in [0.1, 0.15) is 5.82 Å². The lowest BCUT2D eigenvalue weighted by Crippen LogP contribution is -2.43. The van der Waals surface area contributed by atoms with Crippen LogP contribution in [0.25, 0.3) is 0 Å². The van der Waals surface area contributed by atoms with Gasteiger partial charge in [0.15, 0.2) is 0 Å². The van der Waals surface area contributed by atoms with Crippen LogP contribution in [-0.4, -0.2) is 54.4 Å². The number of aromatic nitrogens is 1. The topological polar surface area (TPSA) is 74.7 Å². The van der Waals surface area contributed by atoms with Crippen LogP contribution in [0.4, 0.5) is 5.82 Å². The first-order valence-electron chi connectivity index (χ1n) is 8.88. The van der Waals surface area contributed by atoms with Gasteiger partial charge in [-0.25, -0.2) is 4.98 Å². The number of carbonyl (C=O) groups is 1. The van der Waals surface area contributed by atoms with Crippen molar-refractivity contribution in [2.45, 2.75) is 45.1 Å². The Morgan fingerprint density at radius 1 is 1.33 bits per heavy atom. The van der Waals surface area contributed by atoms with E-state index >= 15 is 0 Å². The number of hydrogen-bond acceptors (Lipinski definition) is 5. The fourth-order valence-electron chi connectivity index (χ4n) is 3.17. The standard InChI is InChI=1S/C18H29N3O3/c1-3-7-18(23,8-4-2)14-20-17(22)15-6-5-9-19-16(15)21-10-12-24-13-11-21/h5-6,9,23H,3-4,7-8,10-14H2,1-2H3,(H,20,22). The SMILES string of the molecule is CCCC(O)(CCC)CNC(=O)c1cccnc1N1CCOCC1. The van der Waals surface area contributed by atoms with Gasteiger partial charge in [0.2, 0.25) is 0 Å². The number of aliphatic hydroxyl groups is 1.